The number of rotatable bonds is 5. The Morgan fingerprint density at radius 2 is 2.05 bits per heavy atom. The number of aromatic nitrogens is 2. The van der Waals surface area contributed by atoms with Crippen molar-refractivity contribution in [2.45, 2.75) is 66.3 Å². The van der Waals surface area contributed by atoms with E-state index in [0.717, 1.165) is 36.6 Å². The second-order valence-corrected chi connectivity index (χ2v) is 7.62. The molecule has 21 heavy (non-hydrogen) atoms. The molecule has 1 heterocycles. The second-order valence-electron chi connectivity index (χ2n) is 7.24. The van der Waals surface area contributed by atoms with Crippen LogP contribution < -0.4 is 5.73 Å². The molecule has 2 rings (SSSR count). The Kier molecular flexibility index (Phi) is 5.37. The smallest absolute Gasteiger partial charge is 0.0849 e. The molecule has 1 aliphatic rings. The summed E-state index contributed by atoms with van der Waals surface area (Å²) in [5.41, 5.74) is 8.70. The summed E-state index contributed by atoms with van der Waals surface area (Å²) in [6.45, 7) is 10.7. The molecule has 2 atom stereocenters. The molecule has 1 fully saturated rings. The average Bonchev–Trinajstić information content (AvgIpc) is 2.75. The summed E-state index contributed by atoms with van der Waals surface area (Å²) in [5.74, 6) is 1.25. The number of halogens is 1. The first-order valence-electron chi connectivity index (χ1n) is 8.36. The maximum Gasteiger partial charge on any atom is 0.0849 e. The van der Waals surface area contributed by atoms with Crippen LogP contribution >= 0.6 is 11.6 Å². The van der Waals surface area contributed by atoms with Crippen LogP contribution in [0.3, 0.4) is 0 Å². The van der Waals surface area contributed by atoms with Crippen molar-refractivity contribution in [1.82, 2.24) is 9.78 Å². The first-order chi connectivity index (χ1) is 9.91. The topological polar surface area (TPSA) is 43.8 Å². The van der Waals surface area contributed by atoms with E-state index in [9.17, 15) is 0 Å². The van der Waals surface area contributed by atoms with Gasteiger partial charge < -0.3 is 5.73 Å². The summed E-state index contributed by atoms with van der Waals surface area (Å²) in [6.07, 6.45) is 5.68. The molecule has 1 aromatic heterocycles. The van der Waals surface area contributed by atoms with Gasteiger partial charge in [-0.1, -0.05) is 32.4 Å². The van der Waals surface area contributed by atoms with Gasteiger partial charge >= 0.3 is 0 Å². The summed E-state index contributed by atoms with van der Waals surface area (Å²) in [7, 11) is 0. The fourth-order valence-electron chi connectivity index (χ4n) is 3.80. The van der Waals surface area contributed by atoms with Crippen molar-refractivity contribution in [3.63, 3.8) is 0 Å². The molecule has 120 valence electrons. The standard InChI is InChI=1S/C17H30ClN3/c1-5-14-16(18)15(21(6-2)20-14)9-13-10-17(3,4)8-7-12(13)11-19/h12-13H,5-11,19H2,1-4H3. The zero-order valence-corrected chi connectivity index (χ0v) is 14.7. The third-order valence-electron chi connectivity index (χ3n) is 5.13. The Bertz CT molecular complexity index is 479. The molecule has 0 saturated heterocycles. The highest BCUT2D eigenvalue weighted by Gasteiger charge is 2.35. The van der Waals surface area contributed by atoms with Gasteiger partial charge in [0.25, 0.3) is 0 Å². The van der Waals surface area contributed by atoms with Crippen LogP contribution in [-0.2, 0) is 19.4 Å². The van der Waals surface area contributed by atoms with Gasteiger partial charge in [0.05, 0.1) is 16.4 Å². The number of hydrogen-bond donors (Lipinski definition) is 1. The zero-order chi connectivity index (χ0) is 15.6. The fraction of sp³-hybridized carbons (Fsp3) is 0.824. The van der Waals surface area contributed by atoms with E-state index in [1.54, 1.807) is 0 Å². The van der Waals surface area contributed by atoms with Crippen molar-refractivity contribution in [2.24, 2.45) is 23.0 Å². The van der Waals surface area contributed by atoms with E-state index < -0.39 is 0 Å². The lowest BCUT2D eigenvalue weighted by Gasteiger charge is -2.40. The van der Waals surface area contributed by atoms with E-state index in [0.29, 0.717) is 17.3 Å². The van der Waals surface area contributed by atoms with Gasteiger partial charge in [0.15, 0.2) is 0 Å². The van der Waals surface area contributed by atoms with Crippen molar-refractivity contribution in [2.75, 3.05) is 6.54 Å². The van der Waals surface area contributed by atoms with Gasteiger partial charge in [0.2, 0.25) is 0 Å². The minimum Gasteiger partial charge on any atom is -0.330 e. The van der Waals surface area contributed by atoms with Crippen LogP contribution in [0.2, 0.25) is 5.02 Å². The SMILES string of the molecule is CCc1nn(CC)c(CC2CC(C)(C)CCC2CN)c1Cl. The largest absolute Gasteiger partial charge is 0.330 e. The normalized spacial score (nSPS) is 25.2. The van der Waals surface area contributed by atoms with E-state index >= 15 is 0 Å². The highest BCUT2D eigenvalue weighted by molar-refractivity contribution is 6.31. The van der Waals surface area contributed by atoms with Crippen LogP contribution in [0.1, 0.15) is 58.3 Å². The van der Waals surface area contributed by atoms with E-state index in [1.165, 1.54) is 25.0 Å². The Morgan fingerprint density at radius 1 is 1.33 bits per heavy atom. The first-order valence-corrected chi connectivity index (χ1v) is 8.73. The van der Waals surface area contributed by atoms with Crippen molar-refractivity contribution in [3.8, 4) is 0 Å². The van der Waals surface area contributed by atoms with Gasteiger partial charge in [-0.25, -0.2) is 0 Å². The predicted molar refractivity (Wildman–Crippen MR) is 89.7 cm³/mol. The van der Waals surface area contributed by atoms with Gasteiger partial charge in [-0.2, -0.15) is 5.10 Å². The lowest BCUT2D eigenvalue weighted by atomic mass is 9.66. The van der Waals surface area contributed by atoms with Gasteiger partial charge in [0.1, 0.15) is 0 Å². The summed E-state index contributed by atoms with van der Waals surface area (Å²) >= 11 is 6.58. The maximum atomic E-state index is 6.58. The molecule has 2 N–H and O–H groups in total. The minimum atomic E-state index is 0.424. The lowest BCUT2D eigenvalue weighted by Crippen LogP contribution is -2.35. The van der Waals surface area contributed by atoms with Crippen LogP contribution in [-0.4, -0.2) is 16.3 Å². The number of nitrogens with zero attached hydrogens (tertiary/aromatic N) is 2. The molecule has 0 aliphatic heterocycles. The molecular weight excluding hydrogens is 282 g/mol. The molecule has 0 spiro atoms. The molecule has 0 radical (unpaired) electrons. The van der Waals surface area contributed by atoms with Gasteiger partial charge in [0, 0.05) is 6.54 Å². The second kappa shape index (κ2) is 6.70. The van der Waals surface area contributed by atoms with Crippen molar-refractivity contribution in [1.29, 1.82) is 0 Å². The van der Waals surface area contributed by atoms with Crippen molar-refractivity contribution >= 4 is 11.6 Å². The Hall–Kier alpha value is -0.540. The molecule has 3 nitrogen and oxygen atoms in total. The van der Waals surface area contributed by atoms with Crippen LogP contribution in [0.4, 0.5) is 0 Å². The third kappa shape index (κ3) is 3.62. The highest BCUT2D eigenvalue weighted by Crippen LogP contribution is 2.43. The molecule has 0 bridgehead atoms. The molecule has 2 unspecified atom stereocenters. The maximum absolute atomic E-state index is 6.58. The van der Waals surface area contributed by atoms with Crippen LogP contribution in [0.25, 0.3) is 0 Å². The highest BCUT2D eigenvalue weighted by atomic mass is 35.5. The van der Waals surface area contributed by atoms with Gasteiger partial charge in [-0.15, -0.1) is 0 Å². The predicted octanol–water partition coefficient (Wildman–Crippen LogP) is 4.06. The molecule has 1 saturated carbocycles. The van der Waals surface area contributed by atoms with E-state index in [2.05, 4.69) is 37.5 Å². The molecule has 1 aliphatic carbocycles. The quantitative estimate of drug-likeness (QED) is 0.891. The van der Waals surface area contributed by atoms with Crippen LogP contribution in [0, 0.1) is 17.3 Å². The van der Waals surface area contributed by atoms with Gasteiger partial charge in [-0.3, -0.25) is 4.68 Å². The van der Waals surface area contributed by atoms with E-state index in [4.69, 9.17) is 17.3 Å². The van der Waals surface area contributed by atoms with E-state index in [1.807, 2.05) is 0 Å². The summed E-state index contributed by atoms with van der Waals surface area (Å²) in [6, 6.07) is 0. The van der Waals surface area contributed by atoms with Crippen LogP contribution in [0.5, 0.6) is 0 Å². The summed E-state index contributed by atoms with van der Waals surface area (Å²) in [4.78, 5) is 0. The fourth-order valence-corrected chi connectivity index (χ4v) is 4.15. The minimum absolute atomic E-state index is 0.424. The third-order valence-corrected chi connectivity index (χ3v) is 5.56. The van der Waals surface area contributed by atoms with Crippen LogP contribution in [0.15, 0.2) is 0 Å². The summed E-state index contributed by atoms with van der Waals surface area (Å²) < 4.78 is 2.09. The number of hydrogen-bond acceptors (Lipinski definition) is 2. The Balaban J connectivity index is 2.24. The van der Waals surface area contributed by atoms with Crippen molar-refractivity contribution < 1.29 is 0 Å². The van der Waals surface area contributed by atoms with Gasteiger partial charge in [-0.05, 0) is 62.8 Å². The zero-order valence-electron chi connectivity index (χ0n) is 14.0. The molecular formula is C17H30ClN3. The number of aryl methyl sites for hydroxylation is 2. The number of nitrogens with two attached hydrogens (primary N) is 1. The monoisotopic (exact) mass is 311 g/mol. The lowest BCUT2D eigenvalue weighted by molar-refractivity contribution is 0.120. The molecule has 0 aromatic carbocycles. The van der Waals surface area contributed by atoms with Crippen molar-refractivity contribution in [3.05, 3.63) is 16.4 Å². The van der Waals surface area contributed by atoms with E-state index in [-0.39, 0.29) is 0 Å². The first kappa shape index (κ1) is 16.8. The summed E-state index contributed by atoms with van der Waals surface area (Å²) in [5, 5.41) is 5.54. The molecule has 4 heteroatoms. The molecule has 1 aromatic rings. The Labute approximate surface area is 134 Å². The Morgan fingerprint density at radius 3 is 2.62 bits per heavy atom. The average molecular weight is 312 g/mol. The molecule has 0 amide bonds.